The number of rotatable bonds is 11. The molecule has 3 fully saturated rings. The standard InChI is InChI=1S/C34H46N4O4S2/c1-20-6-4-5-7-27(20)38(19-23-12-14-25(41-2)17-28(23)42-3)34(43)36-24-13-15-29-26(16-24)30(32(40)35-18-21-8-9-21)33(44-29)37-31(39)22-10-11-22/h12,14,17,20-22,24,27H,4-11,13,15-16,18-19H2,1-3H3,(H,35,40)(H,36,43)(H,37,39)/t20?,24-,27?/m0/s1. The largest absolute Gasteiger partial charge is 0.497 e. The van der Waals surface area contributed by atoms with E-state index in [1.807, 2.05) is 12.1 Å². The topological polar surface area (TPSA) is 91.9 Å². The van der Waals surface area contributed by atoms with Crippen molar-refractivity contribution in [2.75, 3.05) is 26.1 Å². The molecule has 0 radical (unpaired) electrons. The van der Waals surface area contributed by atoms with Gasteiger partial charge >= 0.3 is 0 Å². The quantitative estimate of drug-likeness (QED) is 0.258. The Morgan fingerprint density at radius 3 is 2.55 bits per heavy atom. The third-order valence-electron chi connectivity index (χ3n) is 9.81. The molecule has 1 aromatic carbocycles. The molecule has 4 aliphatic carbocycles. The monoisotopic (exact) mass is 638 g/mol. The van der Waals surface area contributed by atoms with Crippen LogP contribution in [0.5, 0.6) is 11.5 Å². The average Bonchev–Trinajstić information content (AvgIpc) is 3.96. The van der Waals surface area contributed by atoms with E-state index in [9.17, 15) is 9.59 Å². The first-order valence-electron chi connectivity index (χ1n) is 16.4. The van der Waals surface area contributed by atoms with Crippen molar-refractivity contribution in [3.05, 3.63) is 39.8 Å². The molecular formula is C34H46N4O4S2. The van der Waals surface area contributed by atoms with E-state index in [2.05, 4.69) is 33.8 Å². The molecule has 10 heteroatoms. The summed E-state index contributed by atoms with van der Waals surface area (Å²) in [4.78, 5) is 29.9. The molecular weight excluding hydrogens is 593 g/mol. The normalized spacial score (nSPS) is 22.8. The number of nitrogens with one attached hydrogen (secondary N) is 3. The maximum Gasteiger partial charge on any atom is 0.254 e. The van der Waals surface area contributed by atoms with E-state index in [4.69, 9.17) is 21.7 Å². The second-order valence-corrected chi connectivity index (χ2v) is 14.6. The first kappa shape index (κ1) is 31.1. The van der Waals surface area contributed by atoms with Gasteiger partial charge in [0.25, 0.3) is 5.91 Å². The number of nitrogens with zero attached hydrogens (tertiary/aromatic N) is 1. The van der Waals surface area contributed by atoms with Crippen molar-refractivity contribution in [3.63, 3.8) is 0 Å². The maximum absolute atomic E-state index is 13.6. The number of hydrogen-bond donors (Lipinski definition) is 3. The highest BCUT2D eigenvalue weighted by Gasteiger charge is 2.36. The van der Waals surface area contributed by atoms with Gasteiger partial charge in [-0.25, -0.2) is 0 Å². The van der Waals surface area contributed by atoms with Crippen LogP contribution in [-0.4, -0.2) is 54.7 Å². The third-order valence-corrected chi connectivity index (χ3v) is 11.4. The van der Waals surface area contributed by atoms with Crippen LogP contribution in [0, 0.1) is 17.8 Å². The first-order valence-corrected chi connectivity index (χ1v) is 17.6. The predicted octanol–water partition coefficient (Wildman–Crippen LogP) is 6.07. The number of thiophene rings is 1. The molecule has 0 bridgehead atoms. The highest BCUT2D eigenvalue weighted by atomic mass is 32.1. The number of hydrogen-bond acceptors (Lipinski definition) is 6. The molecule has 238 valence electrons. The summed E-state index contributed by atoms with van der Waals surface area (Å²) in [6.45, 7) is 3.69. The minimum Gasteiger partial charge on any atom is -0.497 e. The lowest BCUT2D eigenvalue weighted by Crippen LogP contribution is -2.52. The average molecular weight is 639 g/mol. The lowest BCUT2D eigenvalue weighted by Gasteiger charge is -2.41. The molecule has 3 N–H and O–H groups in total. The molecule has 8 nitrogen and oxygen atoms in total. The van der Waals surface area contributed by atoms with Gasteiger partial charge in [0.1, 0.15) is 16.5 Å². The number of carbonyl (C=O) groups is 2. The molecule has 44 heavy (non-hydrogen) atoms. The molecule has 2 aromatic rings. The van der Waals surface area contributed by atoms with E-state index in [0.29, 0.717) is 48.0 Å². The Hall–Kier alpha value is -2.85. The second-order valence-electron chi connectivity index (χ2n) is 13.1. The number of anilines is 1. The molecule has 3 saturated carbocycles. The van der Waals surface area contributed by atoms with Crippen LogP contribution in [0.15, 0.2) is 18.2 Å². The Balaban J connectivity index is 1.22. The van der Waals surface area contributed by atoms with Gasteiger partial charge in [0, 0.05) is 47.6 Å². The summed E-state index contributed by atoms with van der Waals surface area (Å²) in [6, 6.07) is 6.42. The van der Waals surface area contributed by atoms with Crippen LogP contribution in [0.1, 0.15) is 91.1 Å². The number of ether oxygens (including phenoxy) is 2. The summed E-state index contributed by atoms with van der Waals surface area (Å²) in [6.07, 6.45) is 11.5. The number of benzene rings is 1. The highest BCUT2D eigenvalue weighted by molar-refractivity contribution is 7.80. The smallest absolute Gasteiger partial charge is 0.254 e. The number of thiocarbonyl (C=S) groups is 1. The summed E-state index contributed by atoms with van der Waals surface area (Å²) in [7, 11) is 3.36. The van der Waals surface area contributed by atoms with E-state index in [-0.39, 0.29) is 23.8 Å². The highest BCUT2D eigenvalue weighted by Crippen LogP contribution is 2.40. The predicted molar refractivity (Wildman–Crippen MR) is 179 cm³/mol. The zero-order valence-corrected chi connectivity index (χ0v) is 27.8. The maximum atomic E-state index is 13.6. The fourth-order valence-corrected chi connectivity index (χ4v) is 8.38. The lowest BCUT2D eigenvalue weighted by atomic mass is 9.84. The van der Waals surface area contributed by atoms with Crippen molar-refractivity contribution in [1.29, 1.82) is 0 Å². The molecule has 3 atom stereocenters. The molecule has 0 saturated heterocycles. The van der Waals surface area contributed by atoms with Gasteiger partial charge in [-0.2, -0.15) is 0 Å². The van der Waals surface area contributed by atoms with Crippen molar-refractivity contribution >= 4 is 45.5 Å². The number of amides is 2. The summed E-state index contributed by atoms with van der Waals surface area (Å²) in [5, 5.41) is 11.5. The second kappa shape index (κ2) is 13.6. The molecule has 0 spiro atoms. The Morgan fingerprint density at radius 1 is 1.05 bits per heavy atom. The van der Waals surface area contributed by atoms with Crippen molar-refractivity contribution in [1.82, 2.24) is 15.5 Å². The zero-order chi connectivity index (χ0) is 30.8. The van der Waals surface area contributed by atoms with Crippen LogP contribution >= 0.6 is 23.6 Å². The first-order chi connectivity index (χ1) is 21.3. The Labute approximate surface area is 270 Å². The zero-order valence-electron chi connectivity index (χ0n) is 26.2. The van der Waals surface area contributed by atoms with Gasteiger partial charge in [0.2, 0.25) is 5.91 Å². The van der Waals surface area contributed by atoms with Gasteiger partial charge in [0.15, 0.2) is 5.11 Å². The minimum atomic E-state index is -0.0621. The summed E-state index contributed by atoms with van der Waals surface area (Å²) in [5.41, 5.74) is 2.80. The van der Waals surface area contributed by atoms with Gasteiger partial charge in [0.05, 0.1) is 19.8 Å². The van der Waals surface area contributed by atoms with Crippen LogP contribution in [0.3, 0.4) is 0 Å². The molecule has 0 aliphatic heterocycles. The Kier molecular flexibility index (Phi) is 9.66. The molecule has 6 rings (SSSR count). The van der Waals surface area contributed by atoms with E-state index >= 15 is 0 Å². The van der Waals surface area contributed by atoms with Crippen LogP contribution in [-0.2, 0) is 24.2 Å². The fourth-order valence-electron chi connectivity index (χ4n) is 6.77. The van der Waals surface area contributed by atoms with Crippen LogP contribution in [0.25, 0.3) is 0 Å². The third kappa shape index (κ3) is 7.17. The van der Waals surface area contributed by atoms with Crippen molar-refractivity contribution in [3.8, 4) is 11.5 Å². The van der Waals surface area contributed by atoms with E-state index in [0.717, 1.165) is 59.8 Å². The number of methoxy groups -OCH3 is 2. The molecule has 4 aliphatic rings. The SMILES string of the molecule is COc1ccc(CN(C(=S)N[C@H]2CCc3sc(NC(=O)C4CC4)c(C(=O)NCC4CC4)c3C2)C2CCCCC2C)c(OC)c1. The van der Waals surface area contributed by atoms with Gasteiger partial charge in [-0.3, -0.25) is 9.59 Å². The number of aryl methyl sites for hydroxylation is 1. The van der Waals surface area contributed by atoms with E-state index in [1.54, 1.807) is 25.6 Å². The van der Waals surface area contributed by atoms with E-state index in [1.165, 1.54) is 37.0 Å². The Morgan fingerprint density at radius 2 is 1.84 bits per heavy atom. The Bertz CT molecular complexity index is 1390. The molecule has 2 amide bonds. The van der Waals surface area contributed by atoms with Crippen LogP contribution in [0.2, 0.25) is 0 Å². The number of fused-ring (bicyclic) bond motifs is 1. The summed E-state index contributed by atoms with van der Waals surface area (Å²) in [5.74, 6) is 2.74. The summed E-state index contributed by atoms with van der Waals surface area (Å²) < 4.78 is 11.2. The molecule has 1 heterocycles. The van der Waals surface area contributed by atoms with Gasteiger partial charge in [-0.15, -0.1) is 11.3 Å². The van der Waals surface area contributed by atoms with Crippen molar-refractivity contribution < 1.29 is 19.1 Å². The van der Waals surface area contributed by atoms with Gasteiger partial charge in [-0.1, -0.05) is 19.8 Å². The summed E-state index contributed by atoms with van der Waals surface area (Å²) >= 11 is 7.78. The molecule has 1 aromatic heterocycles. The van der Waals surface area contributed by atoms with E-state index < -0.39 is 0 Å². The van der Waals surface area contributed by atoms with Gasteiger partial charge < -0.3 is 30.3 Å². The molecule has 2 unspecified atom stereocenters. The number of carbonyl (C=O) groups excluding carboxylic acids is 2. The van der Waals surface area contributed by atoms with Crippen LogP contribution < -0.4 is 25.4 Å². The van der Waals surface area contributed by atoms with Crippen molar-refractivity contribution in [2.45, 2.75) is 96.2 Å². The fraction of sp³-hybridized carbons (Fsp3) is 0.618. The van der Waals surface area contributed by atoms with Crippen molar-refractivity contribution in [2.24, 2.45) is 17.8 Å². The minimum absolute atomic E-state index is 0.0434. The van der Waals surface area contributed by atoms with Crippen LogP contribution in [0.4, 0.5) is 5.00 Å². The van der Waals surface area contributed by atoms with Gasteiger partial charge in [-0.05, 0) is 99.5 Å². The lowest BCUT2D eigenvalue weighted by molar-refractivity contribution is -0.117.